The van der Waals surface area contributed by atoms with Crippen LogP contribution in [-0.4, -0.2) is 0 Å². The molecule has 0 saturated carbocycles. The van der Waals surface area contributed by atoms with Crippen LogP contribution >= 0.6 is 15.9 Å². The average Bonchev–Trinajstić information content (AvgIpc) is 2.62. The highest BCUT2D eigenvalue weighted by atomic mass is 79.9. The summed E-state index contributed by atoms with van der Waals surface area (Å²) in [4.78, 5) is 0. The largest absolute Gasteiger partial charge is 0.0651 e. The molecule has 0 aliphatic heterocycles. The van der Waals surface area contributed by atoms with E-state index in [1.807, 2.05) is 0 Å². The average molecular weight is 387 g/mol. The van der Waals surface area contributed by atoms with E-state index >= 15 is 0 Å². The molecule has 0 heterocycles. The third kappa shape index (κ3) is 3.94. The zero-order valence-corrected chi connectivity index (χ0v) is 17.4. The maximum Gasteiger partial charge on any atom is 0.0248 e. The monoisotopic (exact) mass is 386 g/mol. The molecule has 0 fully saturated rings. The quantitative estimate of drug-likeness (QED) is 0.450. The van der Waals surface area contributed by atoms with Crippen LogP contribution < -0.4 is 0 Å². The van der Waals surface area contributed by atoms with Crippen LogP contribution in [-0.2, 0) is 6.42 Å². The maximum absolute atomic E-state index is 3.98. The molecule has 0 aliphatic rings. The molecule has 1 heteroatoms. The smallest absolute Gasteiger partial charge is 0.0248 e. The van der Waals surface area contributed by atoms with E-state index in [2.05, 4.69) is 86.9 Å². The summed E-state index contributed by atoms with van der Waals surface area (Å²) in [6.07, 6.45) is 4.64. The minimum absolute atomic E-state index is 0.576. The number of hydrogen-bond donors (Lipinski definition) is 0. The van der Waals surface area contributed by atoms with Gasteiger partial charge >= 0.3 is 0 Å². The van der Waals surface area contributed by atoms with Crippen molar-refractivity contribution in [1.29, 1.82) is 0 Å². The van der Waals surface area contributed by atoms with Crippen LogP contribution in [0.15, 0.2) is 40.9 Å². The Labute approximate surface area is 156 Å². The Morgan fingerprint density at radius 1 is 0.875 bits per heavy atom. The molecule has 2 aromatic rings. The van der Waals surface area contributed by atoms with E-state index in [1.165, 1.54) is 51.6 Å². The predicted octanol–water partition coefficient (Wildman–Crippen LogP) is 8.10. The first-order valence-electron chi connectivity index (χ1n) is 9.45. The van der Waals surface area contributed by atoms with E-state index in [4.69, 9.17) is 0 Å². The molecule has 0 aliphatic carbocycles. The fraction of sp³-hybridized carbons (Fsp3) is 0.478. The van der Waals surface area contributed by atoms with Crippen LogP contribution in [0.2, 0.25) is 0 Å². The van der Waals surface area contributed by atoms with Crippen LogP contribution in [0.3, 0.4) is 0 Å². The molecule has 0 aromatic heterocycles. The Balaban J connectivity index is 2.80. The highest BCUT2D eigenvalue weighted by Crippen LogP contribution is 2.42. The van der Waals surface area contributed by atoms with Gasteiger partial charge in [-0.1, -0.05) is 93.4 Å². The molecule has 2 unspecified atom stereocenters. The lowest BCUT2D eigenvalue weighted by Crippen LogP contribution is -2.06. The molecular weight excluding hydrogens is 356 g/mol. The third-order valence-corrected chi connectivity index (χ3v) is 6.21. The van der Waals surface area contributed by atoms with Crippen molar-refractivity contribution in [3.05, 3.63) is 57.6 Å². The van der Waals surface area contributed by atoms with Crippen LogP contribution in [0, 0.1) is 0 Å². The summed E-state index contributed by atoms with van der Waals surface area (Å²) >= 11 is 3.98. The Morgan fingerprint density at radius 3 is 2.00 bits per heavy atom. The van der Waals surface area contributed by atoms with Gasteiger partial charge < -0.3 is 0 Å². The lowest BCUT2D eigenvalue weighted by atomic mass is 9.82. The second kappa shape index (κ2) is 8.85. The molecular formula is C23H31Br. The normalized spacial score (nSPS) is 13.8. The zero-order valence-electron chi connectivity index (χ0n) is 15.8. The molecule has 2 aromatic carbocycles. The molecule has 130 valence electrons. The molecule has 24 heavy (non-hydrogen) atoms. The second-order valence-electron chi connectivity index (χ2n) is 6.96. The Bertz CT molecular complexity index is 657. The van der Waals surface area contributed by atoms with Crippen molar-refractivity contribution in [3.63, 3.8) is 0 Å². The SMILES string of the molecule is CCCc1c(Br)c(C(C)CC)cc(C(C)CC)c1-c1ccccc1. The summed E-state index contributed by atoms with van der Waals surface area (Å²) in [6.45, 7) is 11.6. The minimum atomic E-state index is 0.576. The van der Waals surface area contributed by atoms with Crippen molar-refractivity contribution in [2.24, 2.45) is 0 Å². The number of hydrogen-bond acceptors (Lipinski definition) is 0. The van der Waals surface area contributed by atoms with Crippen LogP contribution in [0.5, 0.6) is 0 Å². The van der Waals surface area contributed by atoms with Gasteiger partial charge in [0.05, 0.1) is 0 Å². The van der Waals surface area contributed by atoms with Gasteiger partial charge in [0.1, 0.15) is 0 Å². The van der Waals surface area contributed by atoms with Gasteiger partial charge in [-0.05, 0) is 58.9 Å². The van der Waals surface area contributed by atoms with E-state index in [0.29, 0.717) is 11.8 Å². The van der Waals surface area contributed by atoms with Gasteiger partial charge in [-0.3, -0.25) is 0 Å². The van der Waals surface area contributed by atoms with Crippen LogP contribution in [0.1, 0.15) is 82.4 Å². The molecule has 2 atom stereocenters. The Kier molecular flexibility index (Phi) is 7.10. The molecule has 0 bridgehead atoms. The zero-order chi connectivity index (χ0) is 17.7. The lowest BCUT2D eigenvalue weighted by Gasteiger charge is -2.25. The minimum Gasteiger partial charge on any atom is -0.0651 e. The van der Waals surface area contributed by atoms with Crippen molar-refractivity contribution in [1.82, 2.24) is 0 Å². The topological polar surface area (TPSA) is 0 Å². The van der Waals surface area contributed by atoms with E-state index in [9.17, 15) is 0 Å². The van der Waals surface area contributed by atoms with Crippen LogP contribution in [0.25, 0.3) is 11.1 Å². The van der Waals surface area contributed by atoms with E-state index in [1.54, 1.807) is 0 Å². The van der Waals surface area contributed by atoms with Crippen molar-refractivity contribution >= 4 is 15.9 Å². The number of halogens is 1. The van der Waals surface area contributed by atoms with E-state index < -0.39 is 0 Å². The van der Waals surface area contributed by atoms with Crippen molar-refractivity contribution in [2.75, 3.05) is 0 Å². The fourth-order valence-corrected chi connectivity index (χ4v) is 4.28. The third-order valence-electron chi connectivity index (χ3n) is 5.27. The predicted molar refractivity (Wildman–Crippen MR) is 111 cm³/mol. The first kappa shape index (κ1) is 19.2. The van der Waals surface area contributed by atoms with Gasteiger partial charge in [-0.25, -0.2) is 0 Å². The molecule has 0 N–H and O–H groups in total. The van der Waals surface area contributed by atoms with Gasteiger partial charge in [-0.2, -0.15) is 0 Å². The first-order chi connectivity index (χ1) is 11.5. The van der Waals surface area contributed by atoms with Gasteiger partial charge in [0, 0.05) is 4.47 Å². The number of benzene rings is 2. The van der Waals surface area contributed by atoms with Gasteiger partial charge in [0.2, 0.25) is 0 Å². The highest BCUT2D eigenvalue weighted by molar-refractivity contribution is 9.10. The summed E-state index contributed by atoms with van der Waals surface area (Å²) < 4.78 is 1.34. The first-order valence-corrected chi connectivity index (χ1v) is 10.2. The van der Waals surface area contributed by atoms with Crippen molar-refractivity contribution in [2.45, 2.75) is 72.1 Å². The summed E-state index contributed by atoms with van der Waals surface area (Å²) in [5, 5.41) is 0. The van der Waals surface area contributed by atoms with E-state index in [-0.39, 0.29) is 0 Å². The fourth-order valence-electron chi connectivity index (χ4n) is 3.38. The summed E-state index contributed by atoms with van der Waals surface area (Å²) in [6, 6.07) is 13.4. The molecule has 0 spiro atoms. The molecule has 0 nitrogen and oxygen atoms in total. The van der Waals surface area contributed by atoms with Gasteiger partial charge in [0.25, 0.3) is 0 Å². The van der Waals surface area contributed by atoms with Crippen LogP contribution in [0.4, 0.5) is 0 Å². The second-order valence-corrected chi connectivity index (χ2v) is 7.75. The molecule has 2 rings (SSSR count). The Morgan fingerprint density at radius 2 is 1.46 bits per heavy atom. The summed E-state index contributed by atoms with van der Waals surface area (Å²) in [7, 11) is 0. The van der Waals surface area contributed by atoms with Crippen molar-refractivity contribution in [3.8, 4) is 11.1 Å². The Hall–Kier alpha value is -1.08. The highest BCUT2D eigenvalue weighted by Gasteiger charge is 2.21. The summed E-state index contributed by atoms with van der Waals surface area (Å²) in [5.41, 5.74) is 7.32. The van der Waals surface area contributed by atoms with Gasteiger partial charge in [0.15, 0.2) is 0 Å². The maximum atomic E-state index is 3.98. The van der Waals surface area contributed by atoms with Gasteiger partial charge in [-0.15, -0.1) is 0 Å². The molecule has 0 radical (unpaired) electrons. The molecule has 0 amide bonds. The number of rotatable bonds is 7. The molecule has 0 saturated heterocycles. The van der Waals surface area contributed by atoms with E-state index in [0.717, 1.165) is 6.42 Å². The van der Waals surface area contributed by atoms with Crippen molar-refractivity contribution < 1.29 is 0 Å². The standard InChI is InChI=1S/C23H31Br/c1-6-12-19-22(18-13-10-9-11-14-18)20(16(4)7-2)15-21(23(19)24)17(5)8-3/h9-11,13-17H,6-8,12H2,1-5H3. The lowest BCUT2D eigenvalue weighted by molar-refractivity contribution is 0.705. The summed E-state index contributed by atoms with van der Waals surface area (Å²) in [5.74, 6) is 1.16.